The molecule has 0 aliphatic carbocycles. The summed E-state index contributed by atoms with van der Waals surface area (Å²) in [5.41, 5.74) is 0. The van der Waals surface area contributed by atoms with Crippen LogP contribution < -0.4 is 15.1 Å². The topological polar surface area (TPSA) is 64.6 Å². The third-order valence-electron chi connectivity index (χ3n) is 5.01. The van der Waals surface area contributed by atoms with Gasteiger partial charge in [-0.3, -0.25) is 9.69 Å². The Hall–Kier alpha value is -1.89. The molecule has 1 atom stereocenters. The Morgan fingerprint density at radius 3 is 2.36 bits per heavy atom. The van der Waals surface area contributed by atoms with Gasteiger partial charge in [-0.2, -0.15) is 4.98 Å². The Morgan fingerprint density at radius 1 is 1.04 bits per heavy atom. The predicted molar refractivity (Wildman–Crippen MR) is 100 cm³/mol. The van der Waals surface area contributed by atoms with Crippen LogP contribution in [0.3, 0.4) is 0 Å². The second-order valence-electron chi connectivity index (χ2n) is 7.27. The van der Waals surface area contributed by atoms with Gasteiger partial charge in [-0.1, -0.05) is 0 Å². The summed E-state index contributed by atoms with van der Waals surface area (Å²) in [6.07, 6.45) is 4.35. The quantitative estimate of drug-likeness (QED) is 0.862. The van der Waals surface area contributed by atoms with E-state index < -0.39 is 0 Å². The Morgan fingerprint density at radius 2 is 1.72 bits per heavy atom. The van der Waals surface area contributed by atoms with E-state index in [1.165, 1.54) is 12.8 Å². The lowest BCUT2D eigenvalue weighted by molar-refractivity contribution is -0.126. The monoisotopic (exact) mass is 346 g/mol. The molecule has 7 nitrogen and oxygen atoms in total. The summed E-state index contributed by atoms with van der Waals surface area (Å²) >= 11 is 0. The van der Waals surface area contributed by atoms with Crippen molar-refractivity contribution in [1.82, 2.24) is 20.2 Å². The van der Waals surface area contributed by atoms with Crippen molar-refractivity contribution >= 4 is 17.7 Å². The molecule has 0 aromatic carbocycles. The van der Waals surface area contributed by atoms with Gasteiger partial charge in [0.1, 0.15) is 5.82 Å². The van der Waals surface area contributed by atoms with E-state index in [2.05, 4.69) is 25.0 Å². The van der Waals surface area contributed by atoms with E-state index in [1.54, 1.807) is 0 Å². The molecule has 0 radical (unpaired) electrons. The number of hydrogen-bond donors (Lipinski definition) is 1. The number of piperazine rings is 1. The van der Waals surface area contributed by atoms with Crippen molar-refractivity contribution < 1.29 is 4.79 Å². The summed E-state index contributed by atoms with van der Waals surface area (Å²) in [5.74, 6) is 1.95. The van der Waals surface area contributed by atoms with Gasteiger partial charge in [0.15, 0.2) is 0 Å². The average molecular weight is 346 g/mol. The molecule has 1 aromatic heterocycles. The highest BCUT2D eigenvalue weighted by Gasteiger charge is 2.27. The first-order chi connectivity index (χ1) is 12.0. The van der Waals surface area contributed by atoms with Gasteiger partial charge in [-0.15, -0.1) is 0 Å². The van der Waals surface area contributed by atoms with Gasteiger partial charge in [0.25, 0.3) is 0 Å². The largest absolute Gasteiger partial charge is 0.356 e. The number of nitrogens with one attached hydrogen (secondary N) is 1. The van der Waals surface area contributed by atoms with E-state index in [0.717, 1.165) is 51.0 Å². The highest BCUT2D eigenvalue weighted by atomic mass is 16.2. The molecule has 25 heavy (non-hydrogen) atoms. The zero-order valence-corrected chi connectivity index (χ0v) is 15.6. The van der Waals surface area contributed by atoms with E-state index >= 15 is 0 Å². The summed E-state index contributed by atoms with van der Waals surface area (Å²) in [5, 5.41) is 3.00. The van der Waals surface area contributed by atoms with E-state index in [-0.39, 0.29) is 18.0 Å². The van der Waals surface area contributed by atoms with Gasteiger partial charge in [-0.25, -0.2) is 4.98 Å². The molecule has 3 heterocycles. The standard InChI is InChI=1S/C18H30N6O/c1-14(2)20-17(25)15(3)22-10-12-24(13-11-22)18-19-7-6-16(21-18)23-8-4-5-9-23/h6-7,14-15H,4-5,8-13H2,1-3H3,(H,20,25). The predicted octanol–water partition coefficient (Wildman–Crippen LogP) is 1.11. The van der Waals surface area contributed by atoms with Crippen LogP contribution in [0.1, 0.15) is 33.6 Å². The van der Waals surface area contributed by atoms with E-state index in [9.17, 15) is 4.79 Å². The molecule has 1 amide bonds. The number of hydrogen-bond acceptors (Lipinski definition) is 6. The Labute approximate surface area is 150 Å². The molecule has 2 aliphatic rings. The smallest absolute Gasteiger partial charge is 0.237 e. The first-order valence-electron chi connectivity index (χ1n) is 9.42. The van der Waals surface area contributed by atoms with Crippen LogP contribution in [-0.4, -0.2) is 72.1 Å². The molecule has 0 saturated carbocycles. The Bertz CT molecular complexity index is 579. The zero-order chi connectivity index (χ0) is 17.8. The van der Waals surface area contributed by atoms with E-state index in [1.807, 2.05) is 33.0 Å². The Kier molecular flexibility index (Phi) is 5.73. The first-order valence-corrected chi connectivity index (χ1v) is 9.42. The number of anilines is 2. The maximum atomic E-state index is 12.2. The third kappa shape index (κ3) is 4.39. The van der Waals surface area contributed by atoms with Crippen LogP contribution in [0.25, 0.3) is 0 Å². The summed E-state index contributed by atoms with van der Waals surface area (Å²) in [6.45, 7) is 11.6. The number of carbonyl (C=O) groups excluding carboxylic acids is 1. The molecule has 0 bridgehead atoms. The number of rotatable bonds is 5. The van der Waals surface area contributed by atoms with E-state index in [4.69, 9.17) is 4.98 Å². The Balaban J connectivity index is 1.57. The van der Waals surface area contributed by atoms with Crippen LogP contribution in [0.4, 0.5) is 11.8 Å². The van der Waals surface area contributed by atoms with E-state index in [0.29, 0.717) is 0 Å². The van der Waals surface area contributed by atoms with Crippen LogP contribution in [-0.2, 0) is 4.79 Å². The fraction of sp³-hybridized carbons (Fsp3) is 0.722. The molecular weight excluding hydrogens is 316 g/mol. The second kappa shape index (κ2) is 7.99. The second-order valence-corrected chi connectivity index (χ2v) is 7.27. The molecule has 2 aliphatic heterocycles. The SMILES string of the molecule is CC(C)NC(=O)C(C)N1CCN(c2nccc(N3CCCC3)n2)CC1. The molecule has 138 valence electrons. The lowest BCUT2D eigenvalue weighted by Gasteiger charge is -2.37. The maximum absolute atomic E-state index is 12.2. The normalized spacial score (nSPS) is 20.2. The third-order valence-corrected chi connectivity index (χ3v) is 5.01. The van der Waals surface area contributed by atoms with Crippen molar-refractivity contribution in [1.29, 1.82) is 0 Å². The van der Waals surface area contributed by atoms with Crippen LogP contribution >= 0.6 is 0 Å². The van der Waals surface area contributed by atoms with Gasteiger partial charge in [0.2, 0.25) is 11.9 Å². The van der Waals surface area contributed by atoms with Gasteiger partial charge in [-0.05, 0) is 39.7 Å². The zero-order valence-electron chi connectivity index (χ0n) is 15.6. The van der Waals surface area contributed by atoms with Crippen molar-refractivity contribution in [2.24, 2.45) is 0 Å². The molecular formula is C18H30N6O. The summed E-state index contributed by atoms with van der Waals surface area (Å²) in [6, 6.07) is 2.09. The minimum atomic E-state index is -0.0959. The van der Waals surface area contributed by atoms with Crippen molar-refractivity contribution in [2.75, 3.05) is 49.1 Å². The van der Waals surface area contributed by atoms with Gasteiger partial charge >= 0.3 is 0 Å². The summed E-state index contributed by atoms with van der Waals surface area (Å²) in [7, 11) is 0. The van der Waals surface area contributed by atoms with Crippen LogP contribution in [0.15, 0.2) is 12.3 Å². The van der Waals surface area contributed by atoms with Crippen molar-refractivity contribution in [3.8, 4) is 0 Å². The van der Waals surface area contributed by atoms with Gasteiger partial charge in [0, 0.05) is 51.5 Å². The molecule has 1 unspecified atom stereocenters. The summed E-state index contributed by atoms with van der Waals surface area (Å²) < 4.78 is 0. The van der Waals surface area contributed by atoms with Crippen molar-refractivity contribution in [3.05, 3.63) is 12.3 Å². The van der Waals surface area contributed by atoms with Crippen LogP contribution in [0, 0.1) is 0 Å². The summed E-state index contributed by atoms with van der Waals surface area (Å²) in [4.78, 5) is 28.2. The van der Waals surface area contributed by atoms with Gasteiger partial charge < -0.3 is 15.1 Å². The molecule has 3 rings (SSSR count). The molecule has 1 aromatic rings. The average Bonchev–Trinajstić information content (AvgIpc) is 3.15. The highest BCUT2D eigenvalue weighted by Crippen LogP contribution is 2.20. The van der Waals surface area contributed by atoms with Crippen molar-refractivity contribution in [2.45, 2.75) is 45.7 Å². The number of nitrogens with zero attached hydrogens (tertiary/aromatic N) is 5. The molecule has 7 heteroatoms. The lowest BCUT2D eigenvalue weighted by Crippen LogP contribution is -2.54. The van der Waals surface area contributed by atoms with Crippen LogP contribution in [0.2, 0.25) is 0 Å². The minimum Gasteiger partial charge on any atom is -0.356 e. The highest BCUT2D eigenvalue weighted by molar-refractivity contribution is 5.81. The molecule has 2 saturated heterocycles. The molecule has 1 N–H and O–H groups in total. The molecule has 0 spiro atoms. The lowest BCUT2D eigenvalue weighted by atomic mass is 10.2. The number of carbonyl (C=O) groups is 1. The first kappa shape index (κ1) is 17.9. The van der Waals surface area contributed by atoms with Gasteiger partial charge in [0.05, 0.1) is 6.04 Å². The number of aromatic nitrogens is 2. The maximum Gasteiger partial charge on any atom is 0.237 e. The van der Waals surface area contributed by atoms with Crippen LogP contribution in [0.5, 0.6) is 0 Å². The fourth-order valence-corrected chi connectivity index (χ4v) is 3.49. The number of amides is 1. The fourth-order valence-electron chi connectivity index (χ4n) is 3.49. The molecule has 2 fully saturated rings. The minimum absolute atomic E-state index is 0.0959. The van der Waals surface area contributed by atoms with Crippen molar-refractivity contribution in [3.63, 3.8) is 0 Å².